The van der Waals surface area contributed by atoms with Crippen molar-refractivity contribution in [1.29, 1.82) is 0 Å². The van der Waals surface area contributed by atoms with Gasteiger partial charge in [0.05, 0.1) is 12.6 Å². The van der Waals surface area contributed by atoms with Crippen LogP contribution < -0.4 is 11.1 Å². The maximum Gasteiger partial charge on any atom is 0.236 e. The Labute approximate surface area is 125 Å². The molecule has 1 amide bonds. The molecule has 0 heterocycles. The van der Waals surface area contributed by atoms with Crippen molar-refractivity contribution in [2.24, 2.45) is 5.73 Å². The van der Waals surface area contributed by atoms with E-state index in [1.807, 2.05) is 36.6 Å². The second kappa shape index (κ2) is 10.7. The molecule has 1 atom stereocenters. The summed E-state index contributed by atoms with van der Waals surface area (Å²) in [5.41, 5.74) is 6.93. The maximum atomic E-state index is 11.6. The number of rotatable bonds is 10. The molecule has 1 aromatic rings. The Hall–Kier alpha value is -1.04. The molecule has 0 radical (unpaired) electrons. The SMILES string of the molecule is CSCC[C@@H](N)C(=O)NCCCOCc1ccccc1. The molecule has 4 nitrogen and oxygen atoms in total. The zero-order valence-electron chi connectivity index (χ0n) is 12.0. The minimum Gasteiger partial charge on any atom is -0.377 e. The number of carbonyl (C=O) groups excluding carboxylic acids is 1. The fourth-order valence-electron chi connectivity index (χ4n) is 1.66. The maximum absolute atomic E-state index is 11.6. The van der Waals surface area contributed by atoms with Gasteiger partial charge in [0, 0.05) is 13.2 Å². The summed E-state index contributed by atoms with van der Waals surface area (Å²) in [5.74, 6) is 0.844. The Bertz CT molecular complexity index is 373. The number of ether oxygens (including phenoxy) is 1. The lowest BCUT2D eigenvalue weighted by atomic mass is 10.2. The second-order valence-electron chi connectivity index (χ2n) is 4.57. The number of nitrogens with one attached hydrogen (secondary N) is 1. The Kier molecular flexibility index (Phi) is 9.11. The van der Waals surface area contributed by atoms with E-state index in [2.05, 4.69) is 5.32 Å². The Morgan fingerprint density at radius 3 is 2.85 bits per heavy atom. The summed E-state index contributed by atoms with van der Waals surface area (Å²) < 4.78 is 5.54. The van der Waals surface area contributed by atoms with Crippen molar-refractivity contribution < 1.29 is 9.53 Å². The normalized spacial score (nSPS) is 12.1. The predicted molar refractivity (Wildman–Crippen MR) is 84.7 cm³/mol. The first kappa shape index (κ1) is 17.0. The van der Waals surface area contributed by atoms with Gasteiger partial charge in [0.25, 0.3) is 0 Å². The van der Waals surface area contributed by atoms with Crippen LogP contribution in [0.5, 0.6) is 0 Å². The van der Waals surface area contributed by atoms with Crippen LogP contribution >= 0.6 is 11.8 Å². The molecule has 5 heteroatoms. The third-order valence-corrected chi connectivity index (χ3v) is 3.49. The van der Waals surface area contributed by atoms with Gasteiger partial charge in [0.2, 0.25) is 5.91 Å². The van der Waals surface area contributed by atoms with Crippen molar-refractivity contribution in [2.75, 3.05) is 25.2 Å². The summed E-state index contributed by atoms with van der Waals surface area (Å²) in [5, 5.41) is 2.84. The number of nitrogens with two attached hydrogens (primary N) is 1. The molecule has 0 bridgehead atoms. The third-order valence-electron chi connectivity index (χ3n) is 2.85. The van der Waals surface area contributed by atoms with Crippen molar-refractivity contribution in [3.05, 3.63) is 35.9 Å². The summed E-state index contributed by atoms with van der Waals surface area (Å²) in [6.45, 7) is 1.86. The lowest BCUT2D eigenvalue weighted by Gasteiger charge is -2.11. The molecular formula is C15H24N2O2S. The van der Waals surface area contributed by atoms with Gasteiger partial charge in [0.1, 0.15) is 0 Å². The van der Waals surface area contributed by atoms with Gasteiger partial charge in [-0.3, -0.25) is 4.79 Å². The molecule has 0 unspecified atom stereocenters. The highest BCUT2D eigenvalue weighted by Gasteiger charge is 2.11. The van der Waals surface area contributed by atoms with E-state index >= 15 is 0 Å². The van der Waals surface area contributed by atoms with Gasteiger partial charge in [0.15, 0.2) is 0 Å². The topological polar surface area (TPSA) is 64.4 Å². The molecule has 0 aliphatic rings. The quantitative estimate of drug-likeness (QED) is 0.646. The van der Waals surface area contributed by atoms with Gasteiger partial charge < -0.3 is 15.8 Å². The standard InChI is InChI=1S/C15H24N2O2S/c1-20-11-8-14(16)15(18)17-9-5-10-19-12-13-6-3-2-4-7-13/h2-4,6-7,14H,5,8-12,16H2,1H3,(H,17,18)/t14-/m1/s1. The van der Waals surface area contributed by atoms with E-state index in [0.717, 1.165) is 24.2 Å². The zero-order valence-corrected chi connectivity index (χ0v) is 12.8. The summed E-state index contributed by atoms with van der Waals surface area (Å²) in [4.78, 5) is 11.6. The molecule has 1 aromatic carbocycles. The van der Waals surface area contributed by atoms with E-state index in [9.17, 15) is 4.79 Å². The lowest BCUT2D eigenvalue weighted by Crippen LogP contribution is -2.41. The molecule has 0 aliphatic carbocycles. The minimum absolute atomic E-state index is 0.0675. The van der Waals surface area contributed by atoms with E-state index in [-0.39, 0.29) is 5.91 Å². The minimum atomic E-state index is -0.396. The third kappa shape index (κ3) is 7.53. The molecule has 1 rings (SSSR count). The number of carbonyl (C=O) groups is 1. The van der Waals surface area contributed by atoms with Crippen molar-refractivity contribution in [1.82, 2.24) is 5.32 Å². The van der Waals surface area contributed by atoms with Crippen molar-refractivity contribution in [2.45, 2.75) is 25.5 Å². The molecule has 0 spiro atoms. The highest BCUT2D eigenvalue weighted by Crippen LogP contribution is 2.01. The van der Waals surface area contributed by atoms with Crippen LogP contribution in [0.3, 0.4) is 0 Å². The van der Waals surface area contributed by atoms with Crippen molar-refractivity contribution in [3.63, 3.8) is 0 Å². The molecular weight excluding hydrogens is 272 g/mol. The Morgan fingerprint density at radius 1 is 1.40 bits per heavy atom. The number of hydrogen-bond acceptors (Lipinski definition) is 4. The summed E-state index contributed by atoms with van der Waals surface area (Å²) >= 11 is 1.70. The van der Waals surface area contributed by atoms with E-state index < -0.39 is 6.04 Å². The molecule has 112 valence electrons. The Morgan fingerprint density at radius 2 is 2.15 bits per heavy atom. The first-order valence-electron chi connectivity index (χ1n) is 6.88. The predicted octanol–water partition coefficient (Wildman–Crippen LogP) is 1.79. The van der Waals surface area contributed by atoms with E-state index in [4.69, 9.17) is 10.5 Å². The lowest BCUT2D eigenvalue weighted by molar-refractivity contribution is -0.122. The second-order valence-corrected chi connectivity index (χ2v) is 5.56. The van der Waals surface area contributed by atoms with Crippen LogP contribution in [0.25, 0.3) is 0 Å². The molecule has 0 saturated heterocycles. The van der Waals surface area contributed by atoms with Crippen LogP contribution in [-0.4, -0.2) is 37.1 Å². The fraction of sp³-hybridized carbons (Fsp3) is 0.533. The van der Waals surface area contributed by atoms with Gasteiger partial charge in [-0.25, -0.2) is 0 Å². The molecule has 0 aliphatic heterocycles. The van der Waals surface area contributed by atoms with E-state index in [1.165, 1.54) is 0 Å². The van der Waals surface area contributed by atoms with Gasteiger partial charge in [-0.05, 0) is 30.4 Å². The smallest absolute Gasteiger partial charge is 0.236 e. The van der Waals surface area contributed by atoms with Crippen LogP contribution in [0.15, 0.2) is 30.3 Å². The first-order valence-corrected chi connectivity index (χ1v) is 8.27. The van der Waals surface area contributed by atoms with Crippen LogP contribution in [0.4, 0.5) is 0 Å². The molecule has 0 saturated carbocycles. The van der Waals surface area contributed by atoms with Crippen molar-refractivity contribution >= 4 is 17.7 Å². The average molecular weight is 296 g/mol. The van der Waals surface area contributed by atoms with Crippen LogP contribution in [0.2, 0.25) is 0 Å². The van der Waals surface area contributed by atoms with Crippen LogP contribution in [0.1, 0.15) is 18.4 Å². The summed E-state index contributed by atoms with van der Waals surface area (Å²) in [6, 6.07) is 9.65. The zero-order chi connectivity index (χ0) is 14.6. The van der Waals surface area contributed by atoms with Crippen LogP contribution in [0, 0.1) is 0 Å². The number of thioether (sulfide) groups is 1. The summed E-state index contributed by atoms with van der Waals surface area (Å²) in [6.07, 6.45) is 3.53. The molecule has 0 aromatic heterocycles. The number of benzene rings is 1. The van der Waals surface area contributed by atoms with Gasteiger partial charge in [-0.1, -0.05) is 30.3 Å². The van der Waals surface area contributed by atoms with Crippen LogP contribution in [-0.2, 0) is 16.1 Å². The summed E-state index contributed by atoms with van der Waals surface area (Å²) in [7, 11) is 0. The van der Waals surface area contributed by atoms with Gasteiger partial charge in [-0.15, -0.1) is 0 Å². The average Bonchev–Trinajstić information content (AvgIpc) is 2.49. The molecule has 20 heavy (non-hydrogen) atoms. The first-order chi connectivity index (χ1) is 9.74. The Balaban J connectivity index is 2.00. The van der Waals surface area contributed by atoms with Gasteiger partial charge in [-0.2, -0.15) is 11.8 Å². The van der Waals surface area contributed by atoms with Gasteiger partial charge >= 0.3 is 0 Å². The van der Waals surface area contributed by atoms with Crippen molar-refractivity contribution in [3.8, 4) is 0 Å². The van der Waals surface area contributed by atoms with E-state index in [0.29, 0.717) is 19.8 Å². The fourth-order valence-corrected chi connectivity index (χ4v) is 2.15. The number of hydrogen-bond donors (Lipinski definition) is 2. The highest BCUT2D eigenvalue weighted by atomic mass is 32.2. The molecule has 0 fully saturated rings. The monoisotopic (exact) mass is 296 g/mol. The highest BCUT2D eigenvalue weighted by molar-refractivity contribution is 7.98. The molecule has 3 N–H and O–H groups in total. The van der Waals surface area contributed by atoms with E-state index in [1.54, 1.807) is 11.8 Å². The largest absolute Gasteiger partial charge is 0.377 e. The number of amides is 1.